The first-order valence-corrected chi connectivity index (χ1v) is 3.45. The maximum atomic E-state index is 10.8. The lowest BCUT2D eigenvalue weighted by molar-refractivity contribution is 0.0944. The Morgan fingerprint density at radius 2 is 2.36 bits per heavy atom. The highest BCUT2D eigenvalue weighted by molar-refractivity contribution is 5.69. The number of hydrogen-bond acceptors (Lipinski definition) is 4. The maximum absolute atomic E-state index is 10.8. The highest BCUT2D eigenvalue weighted by atomic mass is 16.6. The molecule has 0 aliphatic carbocycles. The first kappa shape index (κ1) is 8.29. The molecule has 0 aromatic heterocycles. The van der Waals surface area contributed by atoms with Crippen molar-refractivity contribution in [2.75, 3.05) is 26.3 Å². The smallest absolute Gasteiger partial charge is 0.410 e. The molecule has 0 radical (unpaired) electrons. The van der Waals surface area contributed by atoms with Crippen molar-refractivity contribution < 1.29 is 19.7 Å². The van der Waals surface area contributed by atoms with E-state index in [9.17, 15) is 4.79 Å². The van der Waals surface area contributed by atoms with Gasteiger partial charge in [0, 0.05) is 6.54 Å². The molecule has 1 rings (SSSR count). The number of amides is 1. The zero-order valence-electron chi connectivity index (χ0n) is 6.06. The SMILES string of the molecule is O=C1OC(CO)CN1CCO. The average molecular weight is 161 g/mol. The summed E-state index contributed by atoms with van der Waals surface area (Å²) in [4.78, 5) is 12.2. The number of hydrogen-bond donors (Lipinski definition) is 2. The van der Waals surface area contributed by atoms with Crippen molar-refractivity contribution >= 4 is 6.09 Å². The second kappa shape index (κ2) is 3.54. The molecule has 1 atom stereocenters. The van der Waals surface area contributed by atoms with E-state index in [-0.39, 0.29) is 19.8 Å². The Morgan fingerprint density at radius 3 is 2.82 bits per heavy atom. The van der Waals surface area contributed by atoms with E-state index in [1.807, 2.05) is 0 Å². The molecule has 5 nitrogen and oxygen atoms in total. The maximum Gasteiger partial charge on any atom is 0.410 e. The molecule has 1 aliphatic rings. The number of carbonyl (C=O) groups excluding carboxylic acids is 1. The van der Waals surface area contributed by atoms with E-state index in [4.69, 9.17) is 14.9 Å². The van der Waals surface area contributed by atoms with Crippen LogP contribution in [-0.4, -0.2) is 53.6 Å². The van der Waals surface area contributed by atoms with Crippen LogP contribution in [0.15, 0.2) is 0 Å². The minimum atomic E-state index is -0.460. The fraction of sp³-hybridized carbons (Fsp3) is 0.833. The second-order valence-electron chi connectivity index (χ2n) is 2.36. The molecule has 0 spiro atoms. The van der Waals surface area contributed by atoms with Gasteiger partial charge in [-0.15, -0.1) is 0 Å². The second-order valence-corrected chi connectivity index (χ2v) is 2.36. The number of nitrogens with zero attached hydrogens (tertiary/aromatic N) is 1. The number of cyclic esters (lactones) is 1. The van der Waals surface area contributed by atoms with E-state index in [0.29, 0.717) is 6.54 Å². The summed E-state index contributed by atoms with van der Waals surface area (Å²) in [6, 6.07) is 0. The average Bonchev–Trinajstić information content (AvgIpc) is 2.33. The molecule has 1 saturated heterocycles. The van der Waals surface area contributed by atoms with E-state index < -0.39 is 12.2 Å². The van der Waals surface area contributed by atoms with Crippen LogP contribution in [0.2, 0.25) is 0 Å². The number of rotatable bonds is 3. The molecular weight excluding hydrogens is 150 g/mol. The van der Waals surface area contributed by atoms with Gasteiger partial charge in [-0.25, -0.2) is 4.79 Å². The summed E-state index contributed by atoms with van der Waals surface area (Å²) in [5, 5.41) is 17.1. The number of carbonyl (C=O) groups is 1. The highest BCUT2D eigenvalue weighted by Gasteiger charge is 2.29. The molecule has 0 saturated carbocycles. The van der Waals surface area contributed by atoms with Crippen molar-refractivity contribution in [1.82, 2.24) is 4.90 Å². The van der Waals surface area contributed by atoms with Crippen LogP contribution in [0.1, 0.15) is 0 Å². The quantitative estimate of drug-likeness (QED) is 0.545. The third-order valence-corrected chi connectivity index (χ3v) is 1.52. The minimum absolute atomic E-state index is 0.0761. The predicted molar refractivity (Wildman–Crippen MR) is 36.0 cm³/mol. The largest absolute Gasteiger partial charge is 0.442 e. The number of aliphatic hydroxyl groups excluding tert-OH is 2. The highest BCUT2D eigenvalue weighted by Crippen LogP contribution is 2.09. The van der Waals surface area contributed by atoms with Gasteiger partial charge in [-0.3, -0.25) is 0 Å². The molecule has 0 aromatic rings. The molecule has 1 amide bonds. The van der Waals surface area contributed by atoms with E-state index in [2.05, 4.69) is 0 Å². The number of ether oxygens (including phenoxy) is 1. The van der Waals surface area contributed by atoms with Gasteiger partial charge >= 0.3 is 6.09 Å². The minimum Gasteiger partial charge on any atom is -0.442 e. The third kappa shape index (κ3) is 1.81. The Labute approximate surface area is 64.2 Å². The summed E-state index contributed by atoms with van der Waals surface area (Å²) in [6.07, 6.45) is -0.882. The van der Waals surface area contributed by atoms with Gasteiger partial charge in [-0.2, -0.15) is 0 Å². The molecule has 1 aliphatic heterocycles. The van der Waals surface area contributed by atoms with Gasteiger partial charge in [0.2, 0.25) is 0 Å². The van der Waals surface area contributed by atoms with Crippen LogP contribution in [0.3, 0.4) is 0 Å². The molecule has 1 unspecified atom stereocenters. The summed E-state index contributed by atoms with van der Waals surface area (Å²) < 4.78 is 4.70. The fourth-order valence-electron chi connectivity index (χ4n) is 0.973. The summed E-state index contributed by atoms with van der Waals surface area (Å²) in [5.74, 6) is 0. The van der Waals surface area contributed by atoms with Gasteiger partial charge in [-0.1, -0.05) is 0 Å². The van der Waals surface area contributed by atoms with E-state index in [0.717, 1.165) is 0 Å². The molecule has 2 N–H and O–H groups in total. The third-order valence-electron chi connectivity index (χ3n) is 1.52. The van der Waals surface area contributed by atoms with E-state index in [1.165, 1.54) is 4.90 Å². The zero-order valence-corrected chi connectivity index (χ0v) is 6.06. The van der Waals surface area contributed by atoms with Crippen molar-refractivity contribution in [3.63, 3.8) is 0 Å². The standard InChI is InChI=1S/C6H11NO4/c8-2-1-7-3-5(4-9)11-6(7)10/h5,8-9H,1-4H2. The van der Waals surface area contributed by atoms with Gasteiger partial charge in [0.05, 0.1) is 19.8 Å². The molecule has 1 heterocycles. The lowest BCUT2D eigenvalue weighted by Crippen LogP contribution is -2.28. The normalized spacial score (nSPS) is 24.0. The molecular formula is C6H11NO4. The molecule has 64 valence electrons. The Morgan fingerprint density at radius 1 is 1.64 bits per heavy atom. The molecule has 1 fully saturated rings. The summed E-state index contributed by atoms with van der Waals surface area (Å²) >= 11 is 0. The lowest BCUT2D eigenvalue weighted by Gasteiger charge is -2.08. The van der Waals surface area contributed by atoms with Gasteiger partial charge in [0.1, 0.15) is 6.10 Å². The van der Waals surface area contributed by atoms with Crippen LogP contribution < -0.4 is 0 Å². The van der Waals surface area contributed by atoms with Crippen LogP contribution in [0, 0.1) is 0 Å². The van der Waals surface area contributed by atoms with Crippen LogP contribution >= 0.6 is 0 Å². The summed E-state index contributed by atoms with van der Waals surface area (Å²) in [5.41, 5.74) is 0. The topological polar surface area (TPSA) is 70.0 Å². The first-order chi connectivity index (χ1) is 5.27. The van der Waals surface area contributed by atoms with Crippen LogP contribution in [0.5, 0.6) is 0 Å². The van der Waals surface area contributed by atoms with Crippen LogP contribution in [0.4, 0.5) is 4.79 Å². The van der Waals surface area contributed by atoms with Gasteiger partial charge in [-0.05, 0) is 0 Å². The zero-order chi connectivity index (χ0) is 8.27. The van der Waals surface area contributed by atoms with Crippen molar-refractivity contribution in [1.29, 1.82) is 0 Å². The van der Waals surface area contributed by atoms with E-state index in [1.54, 1.807) is 0 Å². The van der Waals surface area contributed by atoms with E-state index >= 15 is 0 Å². The van der Waals surface area contributed by atoms with Gasteiger partial charge < -0.3 is 19.8 Å². The molecule has 0 bridgehead atoms. The van der Waals surface area contributed by atoms with Crippen molar-refractivity contribution in [2.45, 2.75) is 6.10 Å². The van der Waals surface area contributed by atoms with Crippen molar-refractivity contribution in [2.24, 2.45) is 0 Å². The Balaban J connectivity index is 2.38. The summed E-state index contributed by atoms with van der Waals surface area (Å²) in [7, 11) is 0. The Bertz CT molecular complexity index is 150. The fourth-order valence-corrected chi connectivity index (χ4v) is 0.973. The van der Waals surface area contributed by atoms with Crippen LogP contribution in [0.25, 0.3) is 0 Å². The predicted octanol–water partition coefficient (Wildman–Crippen LogP) is -1.21. The van der Waals surface area contributed by atoms with Crippen molar-refractivity contribution in [3.8, 4) is 0 Å². The Kier molecular flexibility index (Phi) is 2.67. The van der Waals surface area contributed by atoms with Gasteiger partial charge in [0.15, 0.2) is 0 Å². The molecule has 5 heteroatoms. The van der Waals surface area contributed by atoms with Crippen LogP contribution in [-0.2, 0) is 4.74 Å². The summed E-state index contributed by atoms with van der Waals surface area (Å²) in [6.45, 7) is 0.409. The van der Waals surface area contributed by atoms with Crippen molar-refractivity contribution in [3.05, 3.63) is 0 Å². The van der Waals surface area contributed by atoms with Gasteiger partial charge in [0.25, 0.3) is 0 Å². The number of aliphatic hydroxyl groups is 2. The number of β-amino-alcohol motifs (C(OH)–C–C–N with tert-alkyl or cyclic N) is 1. The monoisotopic (exact) mass is 161 g/mol. The molecule has 11 heavy (non-hydrogen) atoms. The lowest BCUT2D eigenvalue weighted by atomic mass is 10.4. The molecule has 0 aromatic carbocycles. The Hall–Kier alpha value is -0.810. The first-order valence-electron chi connectivity index (χ1n) is 3.45.